The van der Waals surface area contributed by atoms with Crippen molar-refractivity contribution in [2.75, 3.05) is 24.7 Å². The summed E-state index contributed by atoms with van der Waals surface area (Å²) in [6, 6.07) is 2.19. The largest absolute Gasteiger partial charge is 0.348 e. The van der Waals surface area contributed by atoms with Crippen LogP contribution in [-0.2, 0) is 0 Å². The number of aliphatic imine (C=N–C) groups is 1. The van der Waals surface area contributed by atoms with Crippen LogP contribution in [0.4, 0.5) is 10.2 Å². The quantitative estimate of drug-likeness (QED) is 0.741. The van der Waals surface area contributed by atoms with Crippen molar-refractivity contribution in [3.8, 4) is 0 Å². The number of fused-ring (bicyclic) bond motifs is 1. The first kappa shape index (κ1) is 9.84. The van der Waals surface area contributed by atoms with Crippen molar-refractivity contribution in [2.45, 2.75) is 18.6 Å². The molecule has 2 aliphatic heterocycles. The van der Waals surface area contributed by atoms with E-state index in [9.17, 15) is 4.39 Å². The van der Waals surface area contributed by atoms with Gasteiger partial charge in [0.15, 0.2) is 0 Å². The average Bonchev–Trinajstić information content (AvgIpc) is 2.76. The summed E-state index contributed by atoms with van der Waals surface area (Å²) in [5, 5.41) is 3.12. The Bertz CT molecular complexity index is 400. The first-order valence-electron chi connectivity index (χ1n) is 5.63. The van der Waals surface area contributed by atoms with Crippen molar-refractivity contribution >= 4 is 12.0 Å². The molecule has 0 aromatic carbocycles. The van der Waals surface area contributed by atoms with Crippen molar-refractivity contribution in [3.63, 3.8) is 0 Å². The van der Waals surface area contributed by atoms with E-state index in [1.54, 1.807) is 0 Å². The summed E-state index contributed by atoms with van der Waals surface area (Å²) in [5.41, 5.74) is 1.09. The molecular weight excluding hydrogens is 207 g/mol. The van der Waals surface area contributed by atoms with Gasteiger partial charge in [0, 0.05) is 43.5 Å². The Labute approximate surface area is 93.6 Å². The Morgan fingerprint density at radius 1 is 1.44 bits per heavy atom. The summed E-state index contributed by atoms with van der Waals surface area (Å²) in [6.07, 6.45) is 3.60. The standard InChI is InChI=1S/C11H15FN4/c12-9-3-10(6-13-5-9)16-7-14-4-8-1-2-15-11(8)16/h1-2,4,9-10,13,15H,3,5-7H2/t9-,10+/m0/s1. The van der Waals surface area contributed by atoms with Crippen LogP contribution in [0.3, 0.4) is 0 Å². The van der Waals surface area contributed by atoms with Gasteiger partial charge < -0.3 is 15.2 Å². The molecule has 5 heteroatoms. The molecule has 86 valence electrons. The van der Waals surface area contributed by atoms with Crippen LogP contribution < -0.4 is 10.2 Å². The Morgan fingerprint density at radius 3 is 3.25 bits per heavy atom. The Balaban J connectivity index is 1.83. The highest BCUT2D eigenvalue weighted by atomic mass is 19.1. The summed E-state index contributed by atoms with van der Waals surface area (Å²) >= 11 is 0. The van der Waals surface area contributed by atoms with Crippen LogP contribution in [0.2, 0.25) is 0 Å². The summed E-state index contributed by atoms with van der Waals surface area (Å²) in [4.78, 5) is 9.65. The zero-order chi connectivity index (χ0) is 11.0. The second-order valence-electron chi connectivity index (χ2n) is 4.35. The van der Waals surface area contributed by atoms with E-state index in [0.717, 1.165) is 17.9 Å². The highest BCUT2D eigenvalue weighted by molar-refractivity contribution is 5.88. The van der Waals surface area contributed by atoms with Crippen molar-refractivity contribution in [3.05, 3.63) is 17.8 Å². The van der Waals surface area contributed by atoms with Gasteiger partial charge in [-0.2, -0.15) is 0 Å². The van der Waals surface area contributed by atoms with E-state index in [4.69, 9.17) is 0 Å². The van der Waals surface area contributed by atoms with Gasteiger partial charge in [-0.1, -0.05) is 0 Å². The summed E-state index contributed by atoms with van der Waals surface area (Å²) in [6.45, 7) is 1.92. The van der Waals surface area contributed by atoms with Gasteiger partial charge in [-0.25, -0.2) is 4.39 Å². The molecule has 4 nitrogen and oxygen atoms in total. The van der Waals surface area contributed by atoms with E-state index >= 15 is 0 Å². The summed E-state index contributed by atoms with van der Waals surface area (Å²) in [5.74, 6) is 1.07. The van der Waals surface area contributed by atoms with Crippen molar-refractivity contribution in [2.24, 2.45) is 4.99 Å². The molecule has 0 saturated carbocycles. The molecular formula is C11H15FN4. The van der Waals surface area contributed by atoms with Gasteiger partial charge in [0.2, 0.25) is 0 Å². The predicted octanol–water partition coefficient (Wildman–Crippen LogP) is 0.911. The fourth-order valence-electron chi connectivity index (χ4n) is 2.43. The number of hydrogen-bond donors (Lipinski definition) is 2. The lowest BCUT2D eigenvalue weighted by Crippen LogP contribution is -2.51. The number of hydrogen-bond acceptors (Lipinski definition) is 3. The van der Waals surface area contributed by atoms with Crippen LogP contribution in [0, 0.1) is 0 Å². The third kappa shape index (κ3) is 1.61. The molecule has 0 unspecified atom stereocenters. The van der Waals surface area contributed by atoms with E-state index in [1.807, 2.05) is 18.5 Å². The number of piperidine rings is 1. The van der Waals surface area contributed by atoms with Crippen LogP contribution in [0.5, 0.6) is 0 Å². The van der Waals surface area contributed by atoms with Crippen LogP contribution in [0.25, 0.3) is 0 Å². The van der Waals surface area contributed by atoms with Crippen LogP contribution >= 0.6 is 0 Å². The van der Waals surface area contributed by atoms with E-state index < -0.39 is 6.17 Å². The monoisotopic (exact) mass is 222 g/mol. The Morgan fingerprint density at radius 2 is 2.38 bits per heavy atom. The molecule has 0 bridgehead atoms. The number of alkyl halides is 1. The number of anilines is 1. The van der Waals surface area contributed by atoms with Gasteiger partial charge in [0.25, 0.3) is 0 Å². The van der Waals surface area contributed by atoms with Gasteiger partial charge in [-0.3, -0.25) is 4.99 Å². The molecule has 3 heterocycles. The molecule has 2 atom stereocenters. The van der Waals surface area contributed by atoms with Gasteiger partial charge in [0.05, 0.1) is 0 Å². The highest BCUT2D eigenvalue weighted by Gasteiger charge is 2.29. The fraction of sp³-hybridized carbons (Fsp3) is 0.545. The van der Waals surface area contributed by atoms with Crippen molar-refractivity contribution in [1.82, 2.24) is 10.3 Å². The second kappa shape index (κ2) is 3.90. The summed E-state index contributed by atoms with van der Waals surface area (Å²) in [7, 11) is 0. The maximum Gasteiger partial charge on any atom is 0.116 e. The minimum Gasteiger partial charge on any atom is -0.348 e. The maximum absolute atomic E-state index is 13.4. The van der Waals surface area contributed by atoms with Crippen LogP contribution in [0.15, 0.2) is 17.3 Å². The molecule has 1 aromatic heterocycles. The van der Waals surface area contributed by atoms with Crippen LogP contribution in [-0.4, -0.2) is 43.2 Å². The molecule has 0 spiro atoms. The topological polar surface area (TPSA) is 43.4 Å². The number of aromatic nitrogens is 1. The molecule has 1 saturated heterocycles. The minimum atomic E-state index is -0.747. The normalized spacial score (nSPS) is 29.2. The number of nitrogens with one attached hydrogen (secondary N) is 2. The molecule has 2 aliphatic rings. The minimum absolute atomic E-state index is 0.193. The molecule has 0 radical (unpaired) electrons. The fourth-order valence-corrected chi connectivity index (χ4v) is 2.43. The second-order valence-corrected chi connectivity index (χ2v) is 4.35. The SMILES string of the molecule is F[C@@H]1CNC[C@H](N2CN=Cc3cc[nH]c32)C1. The molecule has 0 aliphatic carbocycles. The summed E-state index contributed by atoms with van der Waals surface area (Å²) < 4.78 is 13.4. The lowest BCUT2D eigenvalue weighted by molar-refractivity contribution is 0.242. The zero-order valence-electron chi connectivity index (χ0n) is 8.99. The Hall–Kier alpha value is -1.36. The molecule has 0 amide bonds. The Kier molecular flexibility index (Phi) is 2.40. The molecule has 1 aromatic rings. The van der Waals surface area contributed by atoms with E-state index in [-0.39, 0.29) is 6.04 Å². The lowest BCUT2D eigenvalue weighted by Gasteiger charge is -2.37. The zero-order valence-corrected chi connectivity index (χ0v) is 8.99. The molecule has 2 N–H and O–H groups in total. The average molecular weight is 222 g/mol. The molecule has 3 rings (SSSR count). The molecule has 1 fully saturated rings. The smallest absolute Gasteiger partial charge is 0.116 e. The number of aromatic amines is 1. The van der Waals surface area contributed by atoms with E-state index in [1.165, 1.54) is 0 Å². The number of rotatable bonds is 1. The highest BCUT2D eigenvalue weighted by Crippen LogP contribution is 2.25. The van der Waals surface area contributed by atoms with E-state index in [0.29, 0.717) is 19.6 Å². The van der Waals surface area contributed by atoms with Crippen molar-refractivity contribution in [1.29, 1.82) is 0 Å². The van der Waals surface area contributed by atoms with Gasteiger partial charge in [-0.15, -0.1) is 0 Å². The number of nitrogens with zero attached hydrogens (tertiary/aromatic N) is 2. The molecule has 16 heavy (non-hydrogen) atoms. The predicted molar refractivity (Wildman–Crippen MR) is 61.9 cm³/mol. The first-order valence-corrected chi connectivity index (χ1v) is 5.63. The third-order valence-corrected chi connectivity index (χ3v) is 3.22. The van der Waals surface area contributed by atoms with Crippen LogP contribution in [0.1, 0.15) is 12.0 Å². The van der Waals surface area contributed by atoms with E-state index in [2.05, 4.69) is 20.2 Å². The van der Waals surface area contributed by atoms with Gasteiger partial charge >= 0.3 is 0 Å². The third-order valence-electron chi connectivity index (χ3n) is 3.22. The first-order chi connectivity index (χ1) is 7.84. The number of H-pyrrole nitrogens is 1. The number of halogens is 1. The lowest BCUT2D eigenvalue weighted by atomic mass is 10.0. The van der Waals surface area contributed by atoms with Crippen molar-refractivity contribution < 1.29 is 4.39 Å². The maximum atomic E-state index is 13.4. The van der Waals surface area contributed by atoms with Gasteiger partial charge in [-0.05, 0) is 6.07 Å². The van der Waals surface area contributed by atoms with Gasteiger partial charge in [0.1, 0.15) is 18.7 Å².